The second kappa shape index (κ2) is 9.13. The van der Waals surface area contributed by atoms with Crippen molar-refractivity contribution in [3.63, 3.8) is 0 Å². The Morgan fingerprint density at radius 3 is 2.74 bits per heavy atom. The average molecular weight is 492 g/mol. The summed E-state index contributed by atoms with van der Waals surface area (Å²) in [6.45, 7) is 3.08. The SMILES string of the molecule is C[C@]12C=CC(=O)C=C1CC[C@@H]1[C@@H]2[C@@H](O)C[C@@]2(C)[C@H]1CC[C@]2(O)C(=O)COC(=O)CCCO[N+](=O)[O-]. The van der Waals surface area contributed by atoms with Crippen molar-refractivity contribution in [1.29, 1.82) is 0 Å². The number of carbonyl (C=O) groups excluding carboxylic acids is 3. The predicted octanol–water partition coefficient (Wildman–Crippen LogP) is 2.10. The molecule has 4 aliphatic rings. The third-order valence-corrected chi connectivity index (χ3v) is 9.20. The summed E-state index contributed by atoms with van der Waals surface area (Å²) in [5.74, 6) is -1.35. The zero-order valence-corrected chi connectivity index (χ0v) is 20.1. The van der Waals surface area contributed by atoms with Gasteiger partial charge in [-0.1, -0.05) is 25.5 Å². The number of aliphatic hydroxyl groups is 2. The van der Waals surface area contributed by atoms with Crippen LogP contribution in [0.3, 0.4) is 0 Å². The van der Waals surface area contributed by atoms with Gasteiger partial charge in [0.05, 0.1) is 12.7 Å². The Kier molecular flexibility index (Phi) is 6.65. The summed E-state index contributed by atoms with van der Waals surface area (Å²) >= 11 is 0. The third-order valence-electron chi connectivity index (χ3n) is 9.20. The van der Waals surface area contributed by atoms with E-state index in [1.807, 2.05) is 13.0 Å². The summed E-state index contributed by atoms with van der Waals surface area (Å²) in [6, 6.07) is 0. The van der Waals surface area contributed by atoms with Crippen molar-refractivity contribution in [3.05, 3.63) is 33.9 Å². The molecule has 0 aromatic heterocycles. The van der Waals surface area contributed by atoms with Crippen LogP contribution < -0.4 is 0 Å². The monoisotopic (exact) mass is 491 g/mol. The molecule has 10 heteroatoms. The minimum Gasteiger partial charge on any atom is -0.458 e. The molecule has 0 bridgehead atoms. The Bertz CT molecular complexity index is 989. The van der Waals surface area contributed by atoms with E-state index >= 15 is 0 Å². The van der Waals surface area contributed by atoms with Gasteiger partial charge in [-0.25, -0.2) is 0 Å². The minimum atomic E-state index is -1.73. The number of hydrogen-bond acceptors (Lipinski definition) is 9. The van der Waals surface area contributed by atoms with E-state index in [0.717, 1.165) is 18.4 Å². The van der Waals surface area contributed by atoms with Crippen LogP contribution in [0.15, 0.2) is 23.8 Å². The van der Waals surface area contributed by atoms with Crippen LogP contribution in [-0.4, -0.2) is 57.8 Å². The quantitative estimate of drug-likeness (QED) is 0.225. The summed E-state index contributed by atoms with van der Waals surface area (Å²) in [6.07, 6.45) is 6.91. The van der Waals surface area contributed by atoms with Crippen molar-refractivity contribution < 1.29 is 39.3 Å². The number of fused-ring (bicyclic) bond motifs is 5. The molecule has 4 aliphatic carbocycles. The van der Waals surface area contributed by atoms with Gasteiger partial charge in [-0.05, 0) is 62.5 Å². The van der Waals surface area contributed by atoms with Crippen LogP contribution in [0.4, 0.5) is 0 Å². The van der Waals surface area contributed by atoms with Crippen molar-refractivity contribution in [1.82, 2.24) is 0 Å². The second-order valence-corrected chi connectivity index (χ2v) is 10.9. The third kappa shape index (κ3) is 4.20. The molecule has 0 aromatic carbocycles. The molecule has 35 heavy (non-hydrogen) atoms. The molecule has 0 radical (unpaired) electrons. The van der Waals surface area contributed by atoms with E-state index in [1.54, 1.807) is 12.2 Å². The van der Waals surface area contributed by atoms with Gasteiger partial charge in [0.25, 0.3) is 5.09 Å². The second-order valence-electron chi connectivity index (χ2n) is 10.9. The lowest BCUT2D eigenvalue weighted by Gasteiger charge is -2.59. The van der Waals surface area contributed by atoms with Crippen molar-refractivity contribution in [3.8, 4) is 0 Å². The van der Waals surface area contributed by atoms with Crippen molar-refractivity contribution in [2.45, 2.75) is 70.5 Å². The molecule has 3 saturated carbocycles. The number of ketones is 2. The standard InChI is InChI=1S/C25H33NO9/c1-23-9-7-16(27)12-15(23)5-6-17-18-8-10-25(31,24(18,2)13-19(28)22(17)23)20(29)14-34-21(30)4-3-11-35-26(32)33/h7,9,12,17-19,22,28,31H,3-6,8,10-11,13-14H2,1-2H3/t17-,18-,19-,22+,23-,24-,25-/m0/s1. The molecule has 2 N–H and O–H groups in total. The van der Waals surface area contributed by atoms with Crippen LogP contribution in [0, 0.1) is 38.7 Å². The smallest absolute Gasteiger partial charge is 0.306 e. The number of hydrogen-bond donors (Lipinski definition) is 2. The molecule has 0 aromatic rings. The Hall–Kier alpha value is -2.59. The van der Waals surface area contributed by atoms with Crippen molar-refractivity contribution >= 4 is 17.5 Å². The fourth-order valence-electron chi connectivity index (χ4n) is 7.48. The lowest BCUT2D eigenvalue weighted by atomic mass is 9.46. The maximum absolute atomic E-state index is 13.2. The Morgan fingerprint density at radius 2 is 2.03 bits per heavy atom. The van der Waals surface area contributed by atoms with Crippen molar-refractivity contribution in [2.75, 3.05) is 13.2 Å². The van der Waals surface area contributed by atoms with Gasteiger partial charge >= 0.3 is 5.97 Å². The predicted molar refractivity (Wildman–Crippen MR) is 121 cm³/mol. The van der Waals surface area contributed by atoms with Gasteiger partial charge in [-0.2, -0.15) is 0 Å². The molecule has 0 aliphatic heterocycles. The highest BCUT2D eigenvalue weighted by molar-refractivity contribution is 6.01. The maximum atomic E-state index is 13.2. The highest BCUT2D eigenvalue weighted by Crippen LogP contribution is 2.67. The van der Waals surface area contributed by atoms with Crippen LogP contribution in [0.2, 0.25) is 0 Å². The fourth-order valence-corrected chi connectivity index (χ4v) is 7.48. The maximum Gasteiger partial charge on any atom is 0.306 e. The van der Waals surface area contributed by atoms with E-state index in [4.69, 9.17) is 4.74 Å². The highest BCUT2D eigenvalue weighted by atomic mass is 16.9. The number of esters is 1. The first-order chi connectivity index (χ1) is 16.4. The zero-order chi connectivity index (χ0) is 25.6. The molecule has 192 valence electrons. The molecular formula is C25H33NO9. The Balaban J connectivity index is 1.45. The van der Waals surface area contributed by atoms with Gasteiger partial charge in [-0.15, -0.1) is 10.1 Å². The average Bonchev–Trinajstić information content (AvgIpc) is 3.06. The summed E-state index contributed by atoms with van der Waals surface area (Å²) in [4.78, 5) is 51.4. The van der Waals surface area contributed by atoms with E-state index < -0.39 is 46.0 Å². The Morgan fingerprint density at radius 1 is 1.29 bits per heavy atom. The molecule has 0 unspecified atom stereocenters. The largest absolute Gasteiger partial charge is 0.458 e. The molecule has 7 atom stereocenters. The number of ether oxygens (including phenoxy) is 1. The van der Waals surface area contributed by atoms with Gasteiger partial charge < -0.3 is 19.8 Å². The first-order valence-electron chi connectivity index (χ1n) is 12.2. The van der Waals surface area contributed by atoms with Crippen LogP contribution in [0.25, 0.3) is 0 Å². The van der Waals surface area contributed by atoms with Gasteiger partial charge in [0.2, 0.25) is 5.78 Å². The summed E-state index contributed by atoms with van der Waals surface area (Å²) < 4.78 is 5.06. The first-order valence-corrected chi connectivity index (χ1v) is 12.2. The molecule has 4 rings (SSSR count). The number of carbonyl (C=O) groups is 3. The molecular weight excluding hydrogens is 458 g/mol. The van der Waals surface area contributed by atoms with Crippen LogP contribution in [0.5, 0.6) is 0 Å². The van der Waals surface area contributed by atoms with E-state index in [9.17, 15) is 34.7 Å². The number of allylic oxidation sites excluding steroid dienone is 4. The van der Waals surface area contributed by atoms with Gasteiger partial charge in [-0.3, -0.25) is 14.4 Å². The molecule has 10 nitrogen and oxygen atoms in total. The molecule has 0 spiro atoms. The number of nitrogens with zero attached hydrogens (tertiary/aromatic N) is 1. The highest BCUT2D eigenvalue weighted by Gasteiger charge is 2.68. The van der Waals surface area contributed by atoms with Crippen LogP contribution in [-0.2, 0) is 24.0 Å². The molecule has 3 fully saturated rings. The van der Waals surface area contributed by atoms with E-state index in [1.165, 1.54) is 0 Å². The van der Waals surface area contributed by atoms with Gasteiger partial charge in [0, 0.05) is 23.2 Å². The summed E-state index contributed by atoms with van der Waals surface area (Å²) in [5.41, 5.74) is -2.00. The molecule has 0 saturated heterocycles. The minimum absolute atomic E-state index is 0.00392. The van der Waals surface area contributed by atoms with Crippen molar-refractivity contribution in [2.24, 2.45) is 28.6 Å². The van der Waals surface area contributed by atoms with E-state index in [-0.39, 0.29) is 55.8 Å². The first kappa shape index (κ1) is 25.5. The van der Waals surface area contributed by atoms with Crippen LogP contribution >= 0.6 is 0 Å². The number of rotatable bonds is 8. The lowest BCUT2D eigenvalue weighted by molar-refractivity contribution is -0.757. The molecule has 0 heterocycles. The number of aliphatic hydroxyl groups excluding tert-OH is 1. The van der Waals surface area contributed by atoms with E-state index in [2.05, 4.69) is 11.8 Å². The normalized spacial score (nSPS) is 39.7. The fraction of sp³-hybridized carbons (Fsp3) is 0.720. The zero-order valence-electron chi connectivity index (χ0n) is 20.1. The van der Waals surface area contributed by atoms with E-state index in [0.29, 0.717) is 6.42 Å². The lowest BCUT2D eigenvalue weighted by Crippen LogP contribution is -2.61. The van der Waals surface area contributed by atoms with Gasteiger partial charge in [0.1, 0.15) is 5.60 Å². The van der Waals surface area contributed by atoms with Gasteiger partial charge in [0.15, 0.2) is 12.4 Å². The number of Topliss-reactive ketones (excluding diaryl/α,β-unsaturated/α-hetero) is 1. The Labute approximate surface area is 203 Å². The summed E-state index contributed by atoms with van der Waals surface area (Å²) in [7, 11) is 0. The summed E-state index contributed by atoms with van der Waals surface area (Å²) in [5, 5.41) is 32.2. The molecule has 0 amide bonds. The topological polar surface area (TPSA) is 153 Å². The van der Waals surface area contributed by atoms with Crippen LogP contribution in [0.1, 0.15) is 58.8 Å².